The molecule has 0 saturated carbocycles. The molecule has 0 radical (unpaired) electrons. The summed E-state index contributed by atoms with van der Waals surface area (Å²) < 4.78 is 16.4. The molecule has 3 aromatic rings. The number of benzene rings is 2. The maximum atomic E-state index is 12.6. The predicted octanol–water partition coefficient (Wildman–Crippen LogP) is 3.40. The average Bonchev–Trinajstić information content (AvgIpc) is 3.42. The van der Waals surface area contributed by atoms with Crippen LogP contribution in [0.5, 0.6) is 5.75 Å². The summed E-state index contributed by atoms with van der Waals surface area (Å²) in [7, 11) is 1.56. The van der Waals surface area contributed by atoms with Crippen LogP contribution < -0.4 is 9.64 Å². The fraction of sp³-hybridized carbons (Fsp3) is 0.273. The molecule has 2 aromatic carbocycles. The Hall–Kier alpha value is -3.68. The summed E-state index contributed by atoms with van der Waals surface area (Å²) in [5, 5.41) is 7.99. The van der Waals surface area contributed by atoms with Crippen LogP contribution in [0.25, 0.3) is 11.5 Å². The molecule has 1 saturated heterocycles. The third-order valence-electron chi connectivity index (χ3n) is 4.93. The van der Waals surface area contributed by atoms with Crippen molar-refractivity contribution >= 4 is 17.6 Å². The maximum absolute atomic E-state index is 12.6. The molecule has 30 heavy (non-hydrogen) atoms. The first-order valence-electron chi connectivity index (χ1n) is 9.59. The Morgan fingerprint density at radius 3 is 2.73 bits per heavy atom. The maximum Gasteiger partial charge on any atom is 0.312 e. The molecule has 1 aliphatic rings. The third kappa shape index (κ3) is 4.03. The van der Waals surface area contributed by atoms with E-state index < -0.39 is 18.0 Å². The number of nitrogens with zero attached hydrogens (tertiary/aromatic N) is 3. The van der Waals surface area contributed by atoms with Gasteiger partial charge in [0, 0.05) is 30.3 Å². The van der Waals surface area contributed by atoms with Gasteiger partial charge in [-0.05, 0) is 31.2 Å². The van der Waals surface area contributed by atoms with Crippen LogP contribution in [-0.4, -0.2) is 35.7 Å². The number of anilines is 1. The normalized spacial score (nSPS) is 17.1. The minimum Gasteiger partial charge on any atom is -0.497 e. The second-order valence-corrected chi connectivity index (χ2v) is 7.00. The lowest BCUT2D eigenvalue weighted by Gasteiger charge is -2.17. The largest absolute Gasteiger partial charge is 0.497 e. The number of hydrogen-bond donors (Lipinski definition) is 0. The summed E-state index contributed by atoms with van der Waals surface area (Å²) in [6, 6.07) is 16.5. The van der Waals surface area contributed by atoms with Gasteiger partial charge in [-0.25, -0.2) is 0 Å². The van der Waals surface area contributed by atoms with Crippen LogP contribution in [0, 0.1) is 5.92 Å². The predicted molar refractivity (Wildman–Crippen MR) is 108 cm³/mol. The zero-order chi connectivity index (χ0) is 21.1. The van der Waals surface area contributed by atoms with Crippen LogP contribution in [0.4, 0.5) is 5.69 Å². The van der Waals surface area contributed by atoms with Crippen LogP contribution in [0.15, 0.2) is 59.0 Å². The van der Waals surface area contributed by atoms with Crippen molar-refractivity contribution in [1.29, 1.82) is 0 Å². The highest BCUT2D eigenvalue weighted by atomic mass is 16.6. The number of rotatable bonds is 6. The van der Waals surface area contributed by atoms with Crippen molar-refractivity contribution in [2.45, 2.75) is 19.4 Å². The molecule has 154 valence electrons. The quantitative estimate of drug-likeness (QED) is 0.578. The van der Waals surface area contributed by atoms with Crippen LogP contribution in [0.2, 0.25) is 0 Å². The molecule has 4 rings (SSSR count). The molecule has 0 aliphatic carbocycles. The first kappa shape index (κ1) is 19.6. The Kier molecular flexibility index (Phi) is 5.47. The average molecular weight is 407 g/mol. The van der Waals surface area contributed by atoms with Crippen molar-refractivity contribution in [2.24, 2.45) is 5.92 Å². The SMILES string of the molecule is COc1cccc(N2CC(C(=O)OC(C)c3nnc(-c4ccccc4)o3)CC2=O)c1. The van der Waals surface area contributed by atoms with E-state index in [2.05, 4.69) is 10.2 Å². The summed E-state index contributed by atoms with van der Waals surface area (Å²) in [4.78, 5) is 26.6. The Bertz CT molecular complexity index is 1050. The number of esters is 1. The molecule has 1 aliphatic heterocycles. The molecule has 0 bridgehead atoms. The smallest absolute Gasteiger partial charge is 0.312 e. The molecule has 8 heteroatoms. The zero-order valence-electron chi connectivity index (χ0n) is 16.6. The van der Waals surface area contributed by atoms with Gasteiger partial charge in [0.05, 0.1) is 13.0 Å². The van der Waals surface area contributed by atoms with Crippen molar-refractivity contribution in [2.75, 3.05) is 18.6 Å². The van der Waals surface area contributed by atoms with Crippen molar-refractivity contribution < 1.29 is 23.5 Å². The van der Waals surface area contributed by atoms with Gasteiger partial charge in [-0.3, -0.25) is 9.59 Å². The molecule has 2 heterocycles. The van der Waals surface area contributed by atoms with Crippen LogP contribution in [0.1, 0.15) is 25.3 Å². The van der Waals surface area contributed by atoms with Crippen molar-refractivity contribution in [3.8, 4) is 17.2 Å². The third-order valence-corrected chi connectivity index (χ3v) is 4.93. The highest BCUT2D eigenvalue weighted by Crippen LogP contribution is 2.30. The number of carbonyl (C=O) groups is 2. The first-order chi connectivity index (χ1) is 14.5. The monoisotopic (exact) mass is 407 g/mol. The fourth-order valence-electron chi connectivity index (χ4n) is 3.31. The molecule has 0 spiro atoms. The van der Waals surface area contributed by atoms with E-state index >= 15 is 0 Å². The van der Waals surface area contributed by atoms with Crippen molar-refractivity contribution in [1.82, 2.24) is 10.2 Å². The fourth-order valence-corrected chi connectivity index (χ4v) is 3.31. The van der Waals surface area contributed by atoms with Gasteiger partial charge in [-0.2, -0.15) is 0 Å². The number of methoxy groups -OCH3 is 1. The van der Waals surface area contributed by atoms with Gasteiger partial charge in [-0.1, -0.05) is 24.3 Å². The van der Waals surface area contributed by atoms with Crippen molar-refractivity contribution in [3.63, 3.8) is 0 Å². The molecule has 8 nitrogen and oxygen atoms in total. The van der Waals surface area contributed by atoms with E-state index in [1.54, 1.807) is 43.2 Å². The summed E-state index contributed by atoms with van der Waals surface area (Å²) in [6.45, 7) is 1.91. The Balaban J connectivity index is 1.40. The van der Waals surface area contributed by atoms with E-state index in [0.29, 0.717) is 17.3 Å². The van der Waals surface area contributed by atoms with Gasteiger partial charge in [0.15, 0.2) is 6.10 Å². The van der Waals surface area contributed by atoms with E-state index in [-0.39, 0.29) is 24.8 Å². The molecule has 2 atom stereocenters. The Labute approximate surface area is 173 Å². The van der Waals surface area contributed by atoms with E-state index in [1.165, 1.54) is 0 Å². The standard InChI is InChI=1S/C22H21N3O5/c1-14(20-23-24-21(30-20)15-7-4-3-5-8-15)29-22(27)16-11-19(26)25(13-16)17-9-6-10-18(12-17)28-2/h3-10,12,14,16H,11,13H2,1-2H3. The van der Waals surface area contributed by atoms with E-state index in [0.717, 1.165) is 5.56 Å². The summed E-state index contributed by atoms with van der Waals surface area (Å²) in [5.74, 6) is 0.0286. The van der Waals surface area contributed by atoms with Gasteiger partial charge < -0.3 is 18.8 Å². The molecule has 0 N–H and O–H groups in total. The number of amides is 1. The second kappa shape index (κ2) is 8.36. The van der Waals surface area contributed by atoms with E-state index in [4.69, 9.17) is 13.9 Å². The molecular formula is C22H21N3O5. The topological polar surface area (TPSA) is 94.8 Å². The Morgan fingerprint density at radius 2 is 1.97 bits per heavy atom. The van der Waals surface area contributed by atoms with Gasteiger partial charge in [0.25, 0.3) is 5.89 Å². The lowest BCUT2D eigenvalue weighted by molar-refractivity contribution is -0.154. The highest BCUT2D eigenvalue weighted by molar-refractivity contribution is 5.99. The molecular weight excluding hydrogens is 386 g/mol. The van der Waals surface area contributed by atoms with E-state index in [9.17, 15) is 9.59 Å². The molecule has 2 unspecified atom stereocenters. The molecule has 1 fully saturated rings. The van der Waals surface area contributed by atoms with Crippen LogP contribution in [-0.2, 0) is 14.3 Å². The first-order valence-corrected chi connectivity index (χ1v) is 9.59. The number of carbonyl (C=O) groups excluding carboxylic acids is 2. The van der Waals surface area contributed by atoms with Crippen LogP contribution >= 0.6 is 0 Å². The molecule has 1 amide bonds. The second-order valence-electron chi connectivity index (χ2n) is 7.00. The van der Waals surface area contributed by atoms with Gasteiger partial charge in [-0.15, -0.1) is 10.2 Å². The Morgan fingerprint density at radius 1 is 1.17 bits per heavy atom. The van der Waals surface area contributed by atoms with Crippen molar-refractivity contribution in [3.05, 3.63) is 60.5 Å². The summed E-state index contributed by atoms with van der Waals surface area (Å²) in [6.07, 6.45) is -0.634. The van der Waals surface area contributed by atoms with Gasteiger partial charge in [0.1, 0.15) is 5.75 Å². The van der Waals surface area contributed by atoms with Gasteiger partial charge >= 0.3 is 5.97 Å². The highest BCUT2D eigenvalue weighted by Gasteiger charge is 2.37. The van der Waals surface area contributed by atoms with E-state index in [1.807, 2.05) is 30.3 Å². The minimum absolute atomic E-state index is 0.0852. The number of aromatic nitrogens is 2. The number of hydrogen-bond acceptors (Lipinski definition) is 7. The minimum atomic E-state index is -0.719. The summed E-state index contributed by atoms with van der Waals surface area (Å²) in [5.41, 5.74) is 1.47. The van der Waals surface area contributed by atoms with Crippen LogP contribution in [0.3, 0.4) is 0 Å². The van der Waals surface area contributed by atoms with Gasteiger partial charge in [0.2, 0.25) is 11.8 Å². The number of ether oxygens (including phenoxy) is 2. The summed E-state index contributed by atoms with van der Waals surface area (Å²) >= 11 is 0. The lowest BCUT2D eigenvalue weighted by Crippen LogP contribution is -2.26. The zero-order valence-corrected chi connectivity index (χ0v) is 16.6. The lowest BCUT2D eigenvalue weighted by atomic mass is 10.1. The molecule has 1 aromatic heterocycles.